The van der Waals surface area contributed by atoms with Crippen molar-refractivity contribution in [2.75, 3.05) is 13.1 Å². The standard InChI is InChI=1S/C18H20N2O3S/c1-12-7-8-13(2)17(9-12)24(22,23)20-11-14-10-19-18(21)16-6-4-3-5-15(14)16/h3-9,14,20H,10-11H2,1-2H3,(H,19,21). The van der Waals surface area contributed by atoms with E-state index in [-0.39, 0.29) is 18.4 Å². The minimum absolute atomic E-state index is 0.0845. The van der Waals surface area contributed by atoms with Crippen LogP contribution in [0.1, 0.15) is 33.0 Å². The van der Waals surface area contributed by atoms with E-state index in [9.17, 15) is 13.2 Å². The number of aryl methyl sites for hydroxylation is 2. The van der Waals surface area contributed by atoms with E-state index < -0.39 is 10.0 Å². The Hall–Kier alpha value is -2.18. The lowest BCUT2D eigenvalue weighted by molar-refractivity contribution is 0.0940. The number of carbonyl (C=O) groups is 1. The molecule has 6 heteroatoms. The van der Waals surface area contributed by atoms with Crippen LogP contribution >= 0.6 is 0 Å². The molecule has 24 heavy (non-hydrogen) atoms. The van der Waals surface area contributed by atoms with Gasteiger partial charge in [-0.2, -0.15) is 0 Å². The van der Waals surface area contributed by atoms with Gasteiger partial charge in [0.15, 0.2) is 0 Å². The predicted molar refractivity (Wildman–Crippen MR) is 92.6 cm³/mol. The molecule has 0 bridgehead atoms. The fraction of sp³-hybridized carbons (Fsp3) is 0.278. The fourth-order valence-electron chi connectivity index (χ4n) is 2.95. The zero-order chi connectivity index (χ0) is 17.3. The normalized spacial score (nSPS) is 17.2. The molecule has 0 saturated carbocycles. The van der Waals surface area contributed by atoms with Crippen molar-refractivity contribution in [2.45, 2.75) is 24.7 Å². The smallest absolute Gasteiger partial charge is 0.251 e. The molecular formula is C18H20N2O3S. The van der Waals surface area contributed by atoms with Gasteiger partial charge in [0.2, 0.25) is 10.0 Å². The van der Waals surface area contributed by atoms with Gasteiger partial charge >= 0.3 is 0 Å². The quantitative estimate of drug-likeness (QED) is 0.892. The van der Waals surface area contributed by atoms with E-state index in [0.29, 0.717) is 22.6 Å². The van der Waals surface area contributed by atoms with Gasteiger partial charge in [-0.1, -0.05) is 30.3 Å². The van der Waals surface area contributed by atoms with E-state index in [1.807, 2.05) is 25.1 Å². The molecule has 1 atom stereocenters. The second-order valence-electron chi connectivity index (χ2n) is 6.12. The number of benzene rings is 2. The molecule has 3 rings (SSSR count). The van der Waals surface area contributed by atoms with Crippen LogP contribution in [0.4, 0.5) is 0 Å². The number of hydrogen-bond acceptors (Lipinski definition) is 3. The molecule has 0 saturated heterocycles. The first kappa shape index (κ1) is 16.7. The molecule has 2 aromatic carbocycles. The van der Waals surface area contributed by atoms with E-state index in [1.165, 1.54) is 0 Å². The summed E-state index contributed by atoms with van der Waals surface area (Å²) < 4.78 is 27.9. The number of amides is 1. The zero-order valence-corrected chi connectivity index (χ0v) is 14.5. The summed E-state index contributed by atoms with van der Waals surface area (Å²) in [6, 6.07) is 12.7. The maximum atomic E-state index is 12.6. The van der Waals surface area contributed by atoms with Crippen molar-refractivity contribution in [1.29, 1.82) is 0 Å². The number of sulfonamides is 1. The van der Waals surface area contributed by atoms with Crippen molar-refractivity contribution < 1.29 is 13.2 Å². The van der Waals surface area contributed by atoms with Crippen LogP contribution in [0.3, 0.4) is 0 Å². The van der Waals surface area contributed by atoms with Crippen LogP contribution in [0, 0.1) is 13.8 Å². The first-order valence-corrected chi connectivity index (χ1v) is 9.31. The van der Waals surface area contributed by atoms with E-state index in [4.69, 9.17) is 0 Å². The second-order valence-corrected chi connectivity index (χ2v) is 7.85. The summed E-state index contributed by atoms with van der Waals surface area (Å²) in [6.45, 7) is 4.31. The van der Waals surface area contributed by atoms with E-state index >= 15 is 0 Å². The first-order valence-electron chi connectivity index (χ1n) is 7.82. The Bertz CT molecular complexity index is 891. The van der Waals surface area contributed by atoms with Crippen molar-refractivity contribution in [3.8, 4) is 0 Å². The van der Waals surface area contributed by atoms with Gasteiger partial charge in [0.1, 0.15) is 0 Å². The maximum Gasteiger partial charge on any atom is 0.251 e. The largest absolute Gasteiger partial charge is 0.351 e. The molecule has 0 fully saturated rings. The average molecular weight is 344 g/mol. The van der Waals surface area contributed by atoms with Gasteiger partial charge in [-0.05, 0) is 42.7 Å². The van der Waals surface area contributed by atoms with Crippen LogP contribution in [0.5, 0.6) is 0 Å². The second kappa shape index (κ2) is 6.37. The van der Waals surface area contributed by atoms with Gasteiger partial charge in [0.25, 0.3) is 5.91 Å². The molecular weight excluding hydrogens is 324 g/mol. The van der Waals surface area contributed by atoms with Crippen LogP contribution in [0.15, 0.2) is 47.4 Å². The number of rotatable bonds is 4. The van der Waals surface area contributed by atoms with Crippen molar-refractivity contribution in [3.63, 3.8) is 0 Å². The van der Waals surface area contributed by atoms with Gasteiger partial charge in [0, 0.05) is 24.6 Å². The highest BCUT2D eigenvalue weighted by atomic mass is 32.2. The summed E-state index contributed by atoms with van der Waals surface area (Å²) in [5.41, 5.74) is 3.10. The molecule has 1 heterocycles. The Morgan fingerprint density at radius 2 is 1.92 bits per heavy atom. The van der Waals surface area contributed by atoms with Crippen molar-refractivity contribution in [3.05, 3.63) is 64.7 Å². The third kappa shape index (κ3) is 3.20. The van der Waals surface area contributed by atoms with E-state index in [2.05, 4.69) is 10.0 Å². The van der Waals surface area contributed by atoms with Crippen LogP contribution in [0.2, 0.25) is 0 Å². The molecule has 126 valence electrons. The highest BCUT2D eigenvalue weighted by Gasteiger charge is 2.26. The molecule has 0 radical (unpaired) electrons. The Morgan fingerprint density at radius 1 is 1.17 bits per heavy atom. The SMILES string of the molecule is Cc1ccc(C)c(S(=O)(=O)NCC2CNC(=O)c3ccccc32)c1. The fourth-order valence-corrected chi connectivity index (χ4v) is 4.36. The van der Waals surface area contributed by atoms with Crippen LogP contribution < -0.4 is 10.0 Å². The third-order valence-corrected chi connectivity index (χ3v) is 5.87. The van der Waals surface area contributed by atoms with E-state index in [1.54, 1.807) is 31.2 Å². The third-order valence-electron chi connectivity index (χ3n) is 4.31. The average Bonchev–Trinajstić information content (AvgIpc) is 2.57. The Labute approximate surface area is 142 Å². The molecule has 5 nitrogen and oxygen atoms in total. The monoisotopic (exact) mass is 344 g/mol. The van der Waals surface area contributed by atoms with Crippen LogP contribution in [-0.2, 0) is 10.0 Å². The molecule has 0 spiro atoms. The van der Waals surface area contributed by atoms with Gasteiger partial charge < -0.3 is 5.32 Å². The van der Waals surface area contributed by atoms with Crippen molar-refractivity contribution >= 4 is 15.9 Å². The number of hydrogen-bond donors (Lipinski definition) is 2. The Balaban J connectivity index is 1.82. The zero-order valence-electron chi connectivity index (χ0n) is 13.7. The number of nitrogens with one attached hydrogen (secondary N) is 2. The van der Waals surface area contributed by atoms with Crippen molar-refractivity contribution in [2.24, 2.45) is 0 Å². The highest BCUT2D eigenvalue weighted by molar-refractivity contribution is 7.89. The van der Waals surface area contributed by atoms with E-state index in [0.717, 1.165) is 11.1 Å². The minimum Gasteiger partial charge on any atom is -0.351 e. The summed E-state index contributed by atoms with van der Waals surface area (Å²) in [5, 5.41) is 2.81. The predicted octanol–water partition coefficient (Wildman–Crippen LogP) is 2.11. The lowest BCUT2D eigenvalue weighted by atomic mass is 9.91. The molecule has 0 aromatic heterocycles. The van der Waals surface area contributed by atoms with Crippen molar-refractivity contribution in [1.82, 2.24) is 10.0 Å². The Kier molecular flexibility index (Phi) is 4.43. The summed E-state index contributed by atoms with van der Waals surface area (Å²) >= 11 is 0. The minimum atomic E-state index is -3.59. The Morgan fingerprint density at radius 3 is 2.71 bits per heavy atom. The molecule has 1 unspecified atom stereocenters. The van der Waals surface area contributed by atoms with Gasteiger partial charge in [-0.15, -0.1) is 0 Å². The van der Waals surface area contributed by atoms with Crippen LogP contribution in [-0.4, -0.2) is 27.4 Å². The molecule has 2 aromatic rings. The first-order chi connectivity index (χ1) is 11.4. The summed E-state index contributed by atoms with van der Waals surface area (Å²) in [5.74, 6) is -0.196. The molecule has 1 aliphatic heterocycles. The highest BCUT2D eigenvalue weighted by Crippen LogP contribution is 2.24. The summed E-state index contributed by atoms with van der Waals surface area (Å²) in [7, 11) is -3.59. The summed E-state index contributed by atoms with van der Waals surface area (Å²) in [4.78, 5) is 12.2. The molecule has 2 N–H and O–H groups in total. The summed E-state index contributed by atoms with van der Waals surface area (Å²) in [6.07, 6.45) is 0. The molecule has 0 aliphatic carbocycles. The lowest BCUT2D eigenvalue weighted by Gasteiger charge is -2.26. The van der Waals surface area contributed by atoms with Gasteiger partial charge in [-0.25, -0.2) is 13.1 Å². The number of fused-ring (bicyclic) bond motifs is 1. The van der Waals surface area contributed by atoms with Gasteiger partial charge in [0.05, 0.1) is 4.90 Å². The number of carbonyl (C=O) groups excluding carboxylic acids is 1. The van der Waals surface area contributed by atoms with Gasteiger partial charge in [-0.3, -0.25) is 4.79 Å². The maximum absolute atomic E-state index is 12.6. The molecule has 1 amide bonds. The lowest BCUT2D eigenvalue weighted by Crippen LogP contribution is -2.40. The van der Waals surface area contributed by atoms with Crippen LogP contribution in [0.25, 0.3) is 0 Å². The topological polar surface area (TPSA) is 75.3 Å². The molecule has 1 aliphatic rings.